The molecule has 0 radical (unpaired) electrons. The second kappa shape index (κ2) is 5.94. The van der Waals surface area contributed by atoms with Crippen LogP contribution in [0.3, 0.4) is 0 Å². The third-order valence-electron chi connectivity index (χ3n) is 3.32. The van der Waals surface area contributed by atoms with Crippen molar-refractivity contribution in [2.75, 3.05) is 0 Å². The van der Waals surface area contributed by atoms with Crippen LogP contribution < -0.4 is 0 Å². The van der Waals surface area contributed by atoms with Crippen molar-refractivity contribution < 1.29 is 19.0 Å². The van der Waals surface area contributed by atoms with E-state index in [9.17, 15) is 4.79 Å². The van der Waals surface area contributed by atoms with Gasteiger partial charge in [0.15, 0.2) is 17.3 Å². The van der Waals surface area contributed by atoms with E-state index in [2.05, 4.69) is 12.7 Å². The van der Waals surface area contributed by atoms with Crippen LogP contribution in [0.4, 0.5) is 0 Å². The molecule has 0 N–H and O–H groups in total. The molecular formula is C16H22O4. The molecule has 4 heteroatoms. The second-order valence-electron chi connectivity index (χ2n) is 5.58. The zero-order valence-electron chi connectivity index (χ0n) is 12.3. The highest BCUT2D eigenvalue weighted by atomic mass is 16.8. The molecule has 0 amide bonds. The van der Waals surface area contributed by atoms with E-state index in [0.29, 0.717) is 12.2 Å². The minimum Gasteiger partial charge on any atom is -0.458 e. The molecule has 0 aromatic rings. The lowest BCUT2D eigenvalue weighted by molar-refractivity contribution is -0.182. The average molecular weight is 278 g/mol. The van der Waals surface area contributed by atoms with Gasteiger partial charge in [-0.1, -0.05) is 24.3 Å². The van der Waals surface area contributed by atoms with E-state index in [4.69, 9.17) is 14.2 Å². The van der Waals surface area contributed by atoms with E-state index in [1.807, 2.05) is 26.8 Å². The lowest BCUT2D eigenvalue weighted by Gasteiger charge is -2.17. The van der Waals surface area contributed by atoms with Gasteiger partial charge in [-0.2, -0.15) is 0 Å². The minimum absolute atomic E-state index is 0.00839. The Balaban J connectivity index is 1.79. The first-order chi connectivity index (χ1) is 9.41. The summed E-state index contributed by atoms with van der Waals surface area (Å²) in [4.78, 5) is 12.0. The summed E-state index contributed by atoms with van der Waals surface area (Å²) in [5, 5.41) is 0. The predicted molar refractivity (Wildman–Crippen MR) is 75.8 cm³/mol. The molecule has 1 fully saturated rings. The molecule has 2 aliphatic rings. The first-order valence-electron chi connectivity index (χ1n) is 6.98. The fourth-order valence-electron chi connectivity index (χ4n) is 2.23. The van der Waals surface area contributed by atoms with Crippen molar-refractivity contribution in [3.63, 3.8) is 0 Å². The van der Waals surface area contributed by atoms with Crippen LogP contribution in [0.1, 0.15) is 40.0 Å². The van der Waals surface area contributed by atoms with E-state index < -0.39 is 12.1 Å². The van der Waals surface area contributed by atoms with Gasteiger partial charge < -0.3 is 14.2 Å². The van der Waals surface area contributed by atoms with Crippen molar-refractivity contribution in [1.29, 1.82) is 0 Å². The number of hydrogen-bond acceptors (Lipinski definition) is 4. The molecule has 0 aromatic carbocycles. The first kappa shape index (κ1) is 15.0. The van der Waals surface area contributed by atoms with Gasteiger partial charge in [0.25, 0.3) is 0 Å². The molecule has 0 aromatic heterocycles. The summed E-state index contributed by atoms with van der Waals surface area (Å²) in [7, 11) is 0. The number of rotatable bonds is 6. The lowest BCUT2D eigenvalue weighted by Crippen LogP contribution is -2.23. The van der Waals surface area contributed by atoms with E-state index in [0.717, 1.165) is 18.4 Å². The molecule has 110 valence electrons. The number of unbranched alkanes of at least 4 members (excludes halogenated alkanes) is 1. The molecule has 0 saturated carbocycles. The zero-order chi connectivity index (χ0) is 14.8. The van der Waals surface area contributed by atoms with Gasteiger partial charge in [-0.05, 0) is 39.7 Å². The van der Waals surface area contributed by atoms with Crippen LogP contribution in [-0.2, 0) is 19.0 Å². The Bertz CT molecular complexity index is 459. The number of carbonyl (C=O) groups excluding carboxylic acids is 1. The van der Waals surface area contributed by atoms with E-state index >= 15 is 0 Å². The van der Waals surface area contributed by atoms with Gasteiger partial charge in [-0.25, -0.2) is 0 Å². The molecular weight excluding hydrogens is 256 g/mol. The predicted octanol–water partition coefficient (Wildman–Crippen LogP) is 3.25. The van der Waals surface area contributed by atoms with Gasteiger partial charge in [0.05, 0.1) is 0 Å². The lowest BCUT2D eigenvalue weighted by atomic mass is 10.1. The highest BCUT2D eigenvalue weighted by molar-refractivity contribution is 5.93. The molecule has 1 saturated heterocycles. The number of fused-ring (bicyclic) bond motifs is 1. The molecule has 2 aliphatic heterocycles. The SMILES string of the molecule is C=C/C(C)=C/CCCC(=O)C1=C[C@H]2OC(C)(C)O[C@H]2O1. The summed E-state index contributed by atoms with van der Waals surface area (Å²) in [6.45, 7) is 9.35. The Morgan fingerprint density at radius 1 is 1.45 bits per heavy atom. The molecule has 2 atom stereocenters. The maximum atomic E-state index is 12.0. The second-order valence-corrected chi connectivity index (χ2v) is 5.58. The Hall–Kier alpha value is -1.39. The number of allylic oxidation sites excluding steroid dienone is 4. The van der Waals surface area contributed by atoms with Gasteiger partial charge >= 0.3 is 0 Å². The monoisotopic (exact) mass is 278 g/mol. The molecule has 0 spiro atoms. The third kappa shape index (κ3) is 3.58. The normalized spacial score (nSPS) is 27.8. The minimum atomic E-state index is -0.645. The van der Waals surface area contributed by atoms with Crippen molar-refractivity contribution in [3.05, 3.63) is 36.1 Å². The Morgan fingerprint density at radius 3 is 2.85 bits per heavy atom. The molecule has 20 heavy (non-hydrogen) atoms. The van der Waals surface area contributed by atoms with E-state index in [1.54, 1.807) is 6.08 Å². The summed E-state index contributed by atoms with van der Waals surface area (Å²) in [5.41, 5.74) is 1.13. The van der Waals surface area contributed by atoms with Crippen LogP contribution in [0, 0.1) is 0 Å². The zero-order valence-corrected chi connectivity index (χ0v) is 12.3. The Kier molecular flexibility index (Phi) is 4.45. The first-order valence-corrected chi connectivity index (χ1v) is 6.98. The standard InChI is InChI=1S/C16H22O4/c1-5-11(2)8-6-7-9-12(17)13-10-14-15(18-13)20-16(3,4)19-14/h5,8,10,14-15H,1,6-7,9H2,2-4H3/b11-8+/t14-,15-/m1/s1. The number of hydrogen-bond donors (Lipinski definition) is 0. The maximum Gasteiger partial charge on any atom is 0.232 e. The van der Waals surface area contributed by atoms with Crippen LogP contribution in [0.15, 0.2) is 36.1 Å². The summed E-state index contributed by atoms with van der Waals surface area (Å²) in [6.07, 6.45) is 6.99. The van der Waals surface area contributed by atoms with Crippen molar-refractivity contribution in [3.8, 4) is 0 Å². The number of ketones is 1. The Morgan fingerprint density at radius 2 is 2.20 bits per heavy atom. The molecule has 2 rings (SSSR count). The molecule has 0 aliphatic carbocycles. The van der Waals surface area contributed by atoms with Gasteiger partial charge in [-0.3, -0.25) is 4.79 Å². The molecule has 0 unspecified atom stereocenters. The van der Waals surface area contributed by atoms with E-state index in [1.165, 1.54) is 0 Å². The fourth-order valence-corrected chi connectivity index (χ4v) is 2.23. The fraction of sp³-hybridized carbons (Fsp3) is 0.562. The van der Waals surface area contributed by atoms with E-state index in [-0.39, 0.29) is 11.9 Å². The third-order valence-corrected chi connectivity index (χ3v) is 3.32. The van der Waals surface area contributed by atoms with Gasteiger partial charge in [0.2, 0.25) is 6.29 Å². The van der Waals surface area contributed by atoms with Gasteiger partial charge in [-0.15, -0.1) is 0 Å². The molecule has 4 nitrogen and oxygen atoms in total. The Labute approximate surface area is 120 Å². The van der Waals surface area contributed by atoms with Gasteiger partial charge in [0, 0.05) is 6.42 Å². The molecule has 2 heterocycles. The van der Waals surface area contributed by atoms with Crippen molar-refractivity contribution in [2.45, 2.75) is 58.2 Å². The summed E-state index contributed by atoms with van der Waals surface area (Å²) >= 11 is 0. The smallest absolute Gasteiger partial charge is 0.232 e. The van der Waals surface area contributed by atoms with Crippen LogP contribution in [0.2, 0.25) is 0 Å². The largest absolute Gasteiger partial charge is 0.458 e. The average Bonchev–Trinajstić information content (AvgIpc) is 2.87. The quantitative estimate of drug-likeness (QED) is 0.552. The van der Waals surface area contributed by atoms with Crippen LogP contribution in [0.25, 0.3) is 0 Å². The van der Waals surface area contributed by atoms with Gasteiger partial charge in [0.1, 0.15) is 6.10 Å². The highest BCUT2D eigenvalue weighted by Crippen LogP contribution is 2.35. The topological polar surface area (TPSA) is 44.8 Å². The summed E-state index contributed by atoms with van der Waals surface area (Å²) in [6, 6.07) is 0. The van der Waals surface area contributed by atoms with Crippen molar-refractivity contribution >= 4 is 5.78 Å². The van der Waals surface area contributed by atoms with Crippen LogP contribution in [-0.4, -0.2) is 24.0 Å². The summed E-state index contributed by atoms with van der Waals surface area (Å²) in [5.74, 6) is -0.262. The number of carbonyl (C=O) groups is 1. The highest BCUT2D eigenvalue weighted by Gasteiger charge is 2.46. The number of ether oxygens (including phenoxy) is 3. The van der Waals surface area contributed by atoms with Crippen LogP contribution >= 0.6 is 0 Å². The maximum absolute atomic E-state index is 12.0. The summed E-state index contributed by atoms with van der Waals surface area (Å²) < 4.78 is 16.7. The van der Waals surface area contributed by atoms with Crippen LogP contribution in [0.5, 0.6) is 0 Å². The number of Topliss-reactive ketones (excluding diaryl/α,β-unsaturated/α-hetero) is 1. The van der Waals surface area contributed by atoms with Crippen molar-refractivity contribution in [1.82, 2.24) is 0 Å². The molecule has 0 bridgehead atoms. The van der Waals surface area contributed by atoms with Crippen molar-refractivity contribution in [2.24, 2.45) is 0 Å².